The van der Waals surface area contributed by atoms with Crippen LogP contribution in [0.15, 0.2) is 42.7 Å². The maximum Gasteiger partial charge on any atom is 0.170 e. The lowest BCUT2D eigenvalue weighted by molar-refractivity contribution is 0.858. The minimum Gasteiger partial charge on any atom is -0.369 e. The predicted molar refractivity (Wildman–Crippen MR) is 88.4 cm³/mol. The van der Waals surface area contributed by atoms with Crippen molar-refractivity contribution in [3.8, 4) is 29.0 Å². The molecule has 1 aliphatic heterocycles. The summed E-state index contributed by atoms with van der Waals surface area (Å²) >= 11 is 0. The Bertz CT molecular complexity index is 1020. The van der Waals surface area contributed by atoms with Crippen molar-refractivity contribution in [1.29, 1.82) is 10.5 Å². The van der Waals surface area contributed by atoms with Crippen LogP contribution in [0.1, 0.15) is 16.8 Å². The van der Waals surface area contributed by atoms with E-state index in [0.717, 1.165) is 35.6 Å². The van der Waals surface area contributed by atoms with Gasteiger partial charge in [0.2, 0.25) is 0 Å². The highest BCUT2D eigenvalue weighted by molar-refractivity contribution is 5.70. The van der Waals surface area contributed by atoms with Crippen LogP contribution in [0.2, 0.25) is 0 Å². The zero-order valence-electron chi connectivity index (χ0n) is 12.7. The van der Waals surface area contributed by atoms with Crippen molar-refractivity contribution in [3.63, 3.8) is 0 Å². The number of nitrogens with one attached hydrogen (secondary N) is 1. The highest BCUT2D eigenvalue weighted by Crippen LogP contribution is 2.29. The molecule has 0 aliphatic carbocycles. The van der Waals surface area contributed by atoms with Gasteiger partial charge in [-0.05, 0) is 30.2 Å². The fourth-order valence-corrected chi connectivity index (χ4v) is 2.95. The molecular weight excluding hydrogens is 300 g/mol. The molecule has 0 radical (unpaired) electrons. The molecule has 0 unspecified atom stereocenters. The molecular formula is C18H12N6. The third-order valence-corrected chi connectivity index (χ3v) is 4.07. The van der Waals surface area contributed by atoms with E-state index in [-0.39, 0.29) is 0 Å². The van der Waals surface area contributed by atoms with Gasteiger partial charge in [-0.1, -0.05) is 12.1 Å². The normalized spacial score (nSPS) is 12.1. The number of nitriles is 2. The molecule has 3 heterocycles. The van der Waals surface area contributed by atoms with Crippen molar-refractivity contribution in [2.45, 2.75) is 6.42 Å². The van der Waals surface area contributed by atoms with Crippen molar-refractivity contribution in [2.75, 3.05) is 11.9 Å². The summed E-state index contributed by atoms with van der Waals surface area (Å²) in [5.41, 5.74) is 4.43. The average Bonchev–Trinajstić information content (AvgIpc) is 3.28. The van der Waals surface area contributed by atoms with E-state index in [1.54, 1.807) is 29.1 Å². The minimum atomic E-state index is 0.335. The van der Waals surface area contributed by atoms with Crippen LogP contribution >= 0.6 is 0 Å². The number of pyridine rings is 1. The number of benzene rings is 1. The third-order valence-electron chi connectivity index (χ3n) is 4.07. The van der Waals surface area contributed by atoms with Crippen LogP contribution in [0.3, 0.4) is 0 Å². The average molecular weight is 312 g/mol. The Morgan fingerprint density at radius 3 is 2.92 bits per heavy atom. The van der Waals surface area contributed by atoms with Gasteiger partial charge in [-0.25, -0.2) is 9.67 Å². The molecule has 6 nitrogen and oxygen atoms in total. The Balaban J connectivity index is 1.86. The molecule has 0 saturated heterocycles. The van der Waals surface area contributed by atoms with Gasteiger partial charge < -0.3 is 5.32 Å². The molecule has 4 rings (SSSR count). The van der Waals surface area contributed by atoms with E-state index in [1.807, 2.05) is 18.3 Å². The van der Waals surface area contributed by atoms with E-state index < -0.39 is 0 Å². The summed E-state index contributed by atoms with van der Waals surface area (Å²) in [7, 11) is 0. The van der Waals surface area contributed by atoms with Crippen molar-refractivity contribution < 1.29 is 0 Å². The largest absolute Gasteiger partial charge is 0.369 e. The molecule has 1 aromatic carbocycles. The van der Waals surface area contributed by atoms with Gasteiger partial charge >= 0.3 is 0 Å². The summed E-state index contributed by atoms with van der Waals surface area (Å²) in [5.74, 6) is 0.870. The van der Waals surface area contributed by atoms with Crippen LogP contribution in [-0.2, 0) is 6.42 Å². The molecule has 24 heavy (non-hydrogen) atoms. The summed E-state index contributed by atoms with van der Waals surface area (Å²) in [6, 6.07) is 13.3. The first-order valence-electron chi connectivity index (χ1n) is 7.52. The summed E-state index contributed by atoms with van der Waals surface area (Å²) < 4.78 is 1.72. The maximum absolute atomic E-state index is 9.44. The van der Waals surface area contributed by atoms with E-state index in [2.05, 4.69) is 27.5 Å². The van der Waals surface area contributed by atoms with E-state index in [0.29, 0.717) is 16.8 Å². The van der Waals surface area contributed by atoms with Crippen LogP contribution in [0.5, 0.6) is 0 Å². The lowest BCUT2D eigenvalue weighted by Crippen LogP contribution is -2.00. The van der Waals surface area contributed by atoms with E-state index >= 15 is 0 Å². The second-order valence-corrected chi connectivity index (χ2v) is 5.47. The highest BCUT2D eigenvalue weighted by atomic mass is 15.3. The van der Waals surface area contributed by atoms with Gasteiger partial charge in [0, 0.05) is 30.1 Å². The van der Waals surface area contributed by atoms with Crippen LogP contribution in [0, 0.1) is 22.7 Å². The predicted octanol–water partition coefficient (Wildman–Crippen LogP) is 2.65. The Kier molecular flexibility index (Phi) is 3.22. The third kappa shape index (κ3) is 2.18. The van der Waals surface area contributed by atoms with Crippen LogP contribution in [0.25, 0.3) is 16.8 Å². The van der Waals surface area contributed by atoms with Crippen molar-refractivity contribution in [1.82, 2.24) is 14.8 Å². The van der Waals surface area contributed by atoms with Crippen LogP contribution in [-0.4, -0.2) is 21.3 Å². The van der Waals surface area contributed by atoms with Crippen LogP contribution < -0.4 is 5.32 Å². The monoisotopic (exact) mass is 312 g/mol. The quantitative estimate of drug-likeness (QED) is 0.785. The number of nitrogens with zero attached hydrogens (tertiary/aromatic N) is 5. The lowest BCUT2D eigenvalue weighted by atomic mass is 10.0. The van der Waals surface area contributed by atoms with Gasteiger partial charge in [0.05, 0.1) is 17.3 Å². The first-order chi connectivity index (χ1) is 11.8. The van der Waals surface area contributed by atoms with Gasteiger partial charge in [-0.3, -0.25) is 0 Å². The molecule has 114 valence electrons. The number of hydrogen-bond acceptors (Lipinski definition) is 5. The number of hydrogen-bond donors (Lipinski definition) is 1. The number of rotatable bonds is 2. The van der Waals surface area contributed by atoms with Crippen molar-refractivity contribution in [2.24, 2.45) is 0 Å². The molecule has 0 fully saturated rings. The Morgan fingerprint density at radius 1 is 1.17 bits per heavy atom. The summed E-state index contributed by atoms with van der Waals surface area (Å²) in [6.45, 7) is 0.850. The summed E-state index contributed by atoms with van der Waals surface area (Å²) in [5, 5.41) is 26.2. The fraction of sp³-hybridized carbons (Fsp3) is 0.111. The first-order valence-corrected chi connectivity index (χ1v) is 7.52. The fourth-order valence-electron chi connectivity index (χ4n) is 2.95. The summed E-state index contributed by atoms with van der Waals surface area (Å²) in [6.07, 6.45) is 4.44. The molecule has 0 amide bonds. The van der Waals surface area contributed by atoms with Gasteiger partial charge in [-0.15, -0.1) is 0 Å². The van der Waals surface area contributed by atoms with Gasteiger partial charge in [0.25, 0.3) is 0 Å². The zero-order chi connectivity index (χ0) is 16.5. The molecule has 6 heteroatoms. The smallest absolute Gasteiger partial charge is 0.170 e. The molecule has 2 aromatic heterocycles. The van der Waals surface area contributed by atoms with Crippen molar-refractivity contribution in [3.05, 3.63) is 59.5 Å². The molecule has 1 N–H and O–H groups in total. The number of fused-ring (bicyclic) bond motifs is 1. The minimum absolute atomic E-state index is 0.335. The van der Waals surface area contributed by atoms with Gasteiger partial charge in [0.1, 0.15) is 11.9 Å². The Labute approximate surface area is 138 Å². The van der Waals surface area contributed by atoms with Gasteiger partial charge in [-0.2, -0.15) is 15.6 Å². The maximum atomic E-state index is 9.44. The zero-order valence-corrected chi connectivity index (χ0v) is 12.7. The topological polar surface area (TPSA) is 90.3 Å². The lowest BCUT2D eigenvalue weighted by Gasteiger charge is -2.06. The van der Waals surface area contributed by atoms with Crippen LogP contribution in [0.4, 0.5) is 5.82 Å². The van der Waals surface area contributed by atoms with Crippen molar-refractivity contribution >= 4 is 5.82 Å². The summed E-state index contributed by atoms with van der Waals surface area (Å²) in [4.78, 5) is 4.32. The molecule has 0 spiro atoms. The first kappa shape index (κ1) is 14.0. The molecule has 0 saturated carbocycles. The number of anilines is 1. The standard InChI is InChI=1S/C18H12N6/c19-9-12-2-1-3-13(8-12)15-11-24(23-16(15)10-20)17-5-7-22-18-14(17)4-6-21-18/h1-3,5,7-8,11H,4,6H2,(H,21,22). The van der Waals surface area contributed by atoms with E-state index in [1.165, 1.54) is 0 Å². The van der Waals surface area contributed by atoms with E-state index in [9.17, 15) is 5.26 Å². The second kappa shape index (κ2) is 5.53. The second-order valence-electron chi connectivity index (χ2n) is 5.47. The molecule has 1 aliphatic rings. The molecule has 0 atom stereocenters. The molecule has 0 bridgehead atoms. The Morgan fingerprint density at radius 2 is 2.08 bits per heavy atom. The highest BCUT2D eigenvalue weighted by Gasteiger charge is 2.19. The molecule has 3 aromatic rings. The Hall–Kier alpha value is -3.64. The number of aromatic nitrogens is 3. The van der Waals surface area contributed by atoms with E-state index in [4.69, 9.17) is 5.26 Å². The van der Waals surface area contributed by atoms with Gasteiger partial charge in [0.15, 0.2) is 5.69 Å². The SMILES string of the molecule is N#Cc1cccc(-c2cn(-c3ccnc4c3CCN4)nc2C#N)c1.